The number of carbonyl (C=O) groups is 2. The van der Waals surface area contributed by atoms with E-state index < -0.39 is 0 Å². The van der Waals surface area contributed by atoms with E-state index in [4.69, 9.17) is 0 Å². The van der Waals surface area contributed by atoms with Crippen molar-refractivity contribution in [2.24, 2.45) is 0 Å². The minimum absolute atomic E-state index is 0.0205. The summed E-state index contributed by atoms with van der Waals surface area (Å²) in [4.78, 5) is 29.0. The van der Waals surface area contributed by atoms with Crippen LogP contribution in [0, 0.1) is 6.92 Å². The van der Waals surface area contributed by atoms with Crippen molar-refractivity contribution < 1.29 is 9.59 Å². The molecule has 5 nitrogen and oxygen atoms in total. The van der Waals surface area contributed by atoms with Crippen LogP contribution < -0.4 is 10.2 Å². The van der Waals surface area contributed by atoms with Gasteiger partial charge < -0.3 is 15.2 Å². The van der Waals surface area contributed by atoms with Crippen LogP contribution in [0.5, 0.6) is 0 Å². The fraction of sp³-hybridized carbons (Fsp3) is 0.238. The summed E-state index contributed by atoms with van der Waals surface area (Å²) in [7, 11) is 0. The number of nitrogens with zero attached hydrogens (tertiary/aromatic N) is 1. The Hall–Kier alpha value is -3.08. The molecule has 0 radical (unpaired) electrons. The van der Waals surface area contributed by atoms with Crippen molar-refractivity contribution in [3.05, 3.63) is 65.9 Å². The third-order valence-corrected chi connectivity index (χ3v) is 4.39. The van der Waals surface area contributed by atoms with Crippen molar-refractivity contribution >= 4 is 28.4 Å². The van der Waals surface area contributed by atoms with Crippen LogP contribution in [0.4, 0.5) is 5.69 Å². The first-order valence-electron chi connectivity index (χ1n) is 8.71. The molecule has 0 atom stereocenters. The Morgan fingerprint density at radius 3 is 2.69 bits per heavy atom. The largest absolute Gasteiger partial charge is 0.361 e. The van der Waals surface area contributed by atoms with E-state index >= 15 is 0 Å². The molecular formula is C21H23N3O2. The highest BCUT2D eigenvalue weighted by Gasteiger charge is 2.15. The Morgan fingerprint density at radius 1 is 1.12 bits per heavy atom. The first-order chi connectivity index (χ1) is 12.5. The number of para-hydroxylation sites is 1. The predicted molar refractivity (Wildman–Crippen MR) is 104 cm³/mol. The number of rotatable bonds is 6. The van der Waals surface area contributed by atoms with E-state index in [0.717, 1.165) is 23.2 Å². The number of benzene rings is 2. The number of aromatic nitrogens is 1. The molecule has 0 saturated heterocycles. The molecule has 0 unspecified atom stereocenters. The van der Waals surface area contributed by atoms with Gasteiger partial charge in [-0.15, -0.1) is 0 Å². The third-order valence-electron chi connectivity index (χ3n) is 4.39. The number of nitrogens with one attached hydrogen (secondary N) is 2. The zero-order valence-corrected chi connectivity index (χ0v) is 15.1. The lowest BCUT2D eigenvalue weighted by Gasteiger charge is -2.21. The van der Waals surface area contributed by atoms with E-state index in [9.17, 15) is 9.59 Å². The molecule has 2 amide bonds. The van der Waals surface area contributed by atoms with Crippen LogP contribution in [-0.2, 0) is 16.0 Å². The minimum Gasteiger partial charge on any atom is -0.361 e. The predicted octanol–water partition coefficient (Wildman–Crippen LogP) is 3.19. The van der Waals surface area contributed by atoms with E-state index in [1.165, 1.54) is 22.8 Å². The van der Waals surface area contributed by atoms with Gasteiger partial charge in [0.1, 0.15) is 6.54 Å². The molecule has 0 aliphatic rings. The lowest BCUT2D eigenvalue weighted by molar-refractivity contribution is -0.123. The molecule has 0 spiro atoms. The first kappa shape index (κ1) is 17.7. The number of carbonyl (C=O) groups excluding carboxylic acids is 2. The number of aryl methyl sites for hydroxylation is 1. The maximum Gasteiger partial charge on any atom is 0.240 e. The fourth-order valence-corrected chi connectivity index (χ4v) is 3.05. The van der Waals surface area contributed by atoms with Gasteiger partial charge in [-0.2, -0.15) is 0 Å². The number of aromatic amines is 1. The van der Waals surface area contributed by atoms with E-state index in [2.05, 4.69) is 16.4 Å². The summed E-state index contributed by atoms with van der Waals surface area (Å²) >= 11 is 0. The lowest BCUT2D eigenvalue weighted by Crippen LogP contribution is -2.40. The molecule has 0 aliphatic heterocycles. The Balaban J connectivity index is 1.58. The van der Waals surface area contributed by atoms with Crippen molar-refractivity contribution in [3.8, 4) is 0 Å². The summed E-state index contributed by atoms with van der Waals surface area (Å²) in [6.45, 7) is 3.98. The monoisotopic (exact) mass is 349 g/mol. The molecule has 26 heavy (non-hydrogen) atoms. The maximum atomic E-state index is 12.3. The Bertz CT molecular complexity index is 930. The number of anilines is 1. The first-order valence-corrected chi connectivity index (χ1v) is 8.71. The van der Waals surface area contributed by atoms with Gasteiger partial charge in [-0.1, -0.05) is 30.3 Å². The number of amides is 2. The molecule has 1 aromatic heterocycles. The van der Waals surface area contributed by atoms with Gasteiger partial charge in [-0.25, -0.2) is 0 Å². The van der Waals surface area contributed by atoms with Crippen molar-refractivity contribution in [1.82, 2.24) is 10.3 Å². The zero-order chi connectivity index (χ0) is 18.5. The summed E-state index contributed by atoms with van der Waals surface area (Å²) in [6.07, 6.45) is 2.71. The lowest BCUT2D eigenvalue weighted by atomic mass is 10.1. The topological polar surface area (TPSA) is 65.2 Å². The Labute approximate surface area is 153 Å². The third kappa shape index (κ3) is 4.11. The van der Waals surface area contributed by atoms with Gasteiger partial charge in [0.05, 0.1) is 0 Å². The van der Waals surface area contributed by atoms with E-state index in [-0.39, 0.29) is 18.4 Å². The highest BCUT2D eigenvalue weighted by Crippen LogP contribution is 2.18. The van der Waals surface area contributed by atoms with Gasteiger partial charge >= 0.3 is 0 Å². The van der Waals surface area contributed by atoms with Crippen molar-refractivity contribution in [3.63, 3.8) is 0 Å². The molecule has 3 rings (SSSR count). The van der Waals surface area contributed by atoms with Crippen molar-refractivity contribution in [2.75, 3.05) is 18.0 Å². The van der Waals surface area contributed by atoms with E-state index in [1.54, 1.807) is 0 Å². The van der Waals surface area contributed by atoms with E-state index in [1.807, 2.05) is 55.6 Å². The number of hydrogen-bond acceptors (Lipinski definition) is 2. The quantitative estimate of drug-likeness (QED) is 0.718. The summed E-state index contributed by atoms with van der Waals surface area (Å²) in [5, 5.41) is 4.08. The van der Waals surface area contributed by atoms with Crippen LogP contribution in [0.2, 0.25) is 0 Å². The Morgan fingerprint density at radius 2 is 1.92 bits per heavy atom. The van der Waals surface area contributed by atoms with Crippen LogP contribution in [0.15, 0.2) is 54.7 Å². The molecule has 2 N–H and O–H groups in total. The second-order valence-electron chi connectivity index (χ2n) is 6.40. The van der Waals surface area contributed by atoms with Crippen molar-refractivity contribution in [2.45, 2.75) is 20.3 Å². The second-order valence-corrected chi connectivity index (χ2v) is 6.40. The average molecular weight is 349 g/mol. The average Bonchev–Trinajstić information content (AvgIpc) is 3.03. The Kier molecular flexibility index (Phi) is 5.37. The highest BCUT2D eigenvalue weighted by molar-refractivity contribution is 5.97. The maximum absolute atomic E-state index is 12.3. The van der Waals surface area contributed by atoms with Gasteiger partial charge in [-0.05, 0) is 42.7 Å². The van der Waals surface area contributed by atoms with Gasteiger partial charge in [0.15, 0.2) is 0 Å². The highest BCUT2D eigenvalue weighted by atomic mass is 16.2. The van der Waals surface area contributed by atoms with Gasteiger partial charge in [0.2, 0.25) is 11.8 Å². The molecule has 2 aromatic carbocycles. The summed E-state index contributed by atoms with van der Waals surface area (Å²) in [5.41, 5.74) is 4.05. The molecule has 1 heterocycles. The standard InChI is InChI=1S/C21H23N3O2/c1-15-6-5-7-18(12-15)24(16(2)25)14-21(26)22-11-10-17-13-23-20-9-4-3-8-19(17)20/h3-9,12-13,23H,10-11,14H2,1-2H3,(H,22,26). The molecule has 5 heteroatoms. The number of fused-ring (bicyclic) bond motifs is 1. The molecule has 0 fully saturated rings. The smallest absolute Gasteiger partial charge is 0.240 e. The summed E-state index contributed by atoms with van der Waals surface area (Å²) in [6, 6.07) is 15.7. The summed E-state index contributed by atoms with van der Waals surface area (Å²) < 4.78 is 0. The molecular weight excluding hydrogens is 326 g/mol. The van der Waals surface area contributed by atoms with Crippen LogP contribution in [0.25, 0.3) is 10.9 Å². The normalized spacial score (nSPS) is 10.7. The SMILES string of the molecule is CC(=O)N(CC(=O)NCCc1c[nH]c2ccccc12)c1cccc(C)c1. The molecule has 3 aromatic rings. The minimum atomic E-state index is -0.165. The van der Waals surface area contributed by atoms with Gasteiger partial charge in [0, 0.05) is 36.3 Å². The van der Waals surface area contributed by atoms with Crippen LogP contribution in [0.1, 0.15) is 18.1 Å². The van der Waals surface area contributed by atoms with Gasteiger partial charge in [0.25, 0.3) is 0 Å². The fourth-order valence-electron chi connectivity index (χ4n) is 3.05. The van der Waals surface area contributed by atoms with Crippen LogP contribution in [-0.4, -0.2) is 29.9 Å². The van der Waals surface area contributed by atoms with E-state index in [0.29, 0.717) is 6.54 Å². The number of hydrogen-bond donors (Lipinski definition) is 2. The second kappa shape index (κ2) is 7.87. The van der Waals surface area contributed by atoms with Crippen LogP contribution in [0.3, 0.4) is 0 Å². The number of H-pyrrole nitrogens is 1. The molecule has 0 saturated carbocycles. The molecule has 134 valence electrons. The van der Waals surface area contributed by atoms with Crippen molar-refractivity contribution in [1.29, 1.82) is 0 Å². The molecule has 0 bridgehead atoms. The molecule has 0 aliphatic carbocycles. The van der Waals surface area contributed by atoms with Gasteiger partial charge in [-0.3, -0.25) is 9.59 Å². The zero-order valence-electron chi connectivity index (χ0n) is 15.1. The summed E-state index contributed by atoms with van der Waals surface area (Å²) in [5.74, 6) is -0.316. The van der Waals surface area contributed by atoms with Crippen LogP contribution >= 0.6 is 0 Å².